The van der Waals surface area contributed by atoms with E-state index in [0.29, 0.717) is 4.64 Å². The topological polar surface area (TPSA) is 41.8 Å². The van der Waals surface area contributed by atoms with E-state index in [1.54, 1.807) is 0 Å². The highest BCUT2D eigenvalue weighted by Crippen LogP contribution is 2.16. The van der Waals surface area contributed by atoms with Crippen molar-refractivity contribution < 1.29 is 0 Å². The predicted octanol–water partition coefficient (Wildman–Crippen LogP) is 2.20. The Morgan fingerprint density at radius 3 is 2.73 bits per heavy atom. The van der Waals surface area contributed by atoms with Gasteiger partial charge in [-0.3, -0.25) is 0 Å². The van der Waals surface area contributed by atoms with Crippen LogP contribution in [0.4, 0.5) is 5.69 Å². The van der Waals surface area contributed by atoms with E-state index in [-0.39, 0.29) is 0 Å². The highest BCUT2D eigenvalue weighted by molar-refractivity contribution is 7.71. The van der Waals surface area contributed by atoms with E-state index in [4.69, 9.17) is 18.0 Å². The lowest BCUT2D eigenvalue weighted by Crippen LogP contribution is -1.98. The fraction of sp³-hybridized carbons (Fsp3) is 0.375. The zero-order chi connectivity index (χ0) is 8.43. The van der Waals surface area contributed by atoms with Crippen molar-refractivity contribution in [2.24, 2.45) is 0 Å². The van der Waals surface area contributed by atoms with Crippen LogP contribution in [0.2, 0.25) is 0 Å². The first kappa shape index (κ1) is 8.27. The van der Waals surface area contributed by atoms with Crippen molar-refractivity contribution in [1.82, 2.24) is 4.98 Å². The van der Waals surface area contributed by atoms with Gasteiger partial charge in [-0.05, 0) is 24.5 Å². The molecular formula is C8H12N2S. The summed E-state index contributed by atoms with van der Waals surface area (Å²) in [7, 11) is 0. The third kappa shape index (κ3) is 1.43. The number of nitrogen functional groups attached to an aromatic ring is 1. The Labute approximate surface area is 71.4 Å². The molecule has 0 aliphatic carbocycles. The van der Waals surface area contributed by atoms with Crippen LogP contribution in [0, 0.1) is 11.6 Å². The fourth-order valence-corrected chi connectivity index (χ4v) is 1.34. The predicted molar refractivity (Wildman–Crippen MR) is 50.2 cm³/mol. The maximum absolute atomic E-state index is 5.76. The van der Waals surface area contributed by atoms with E-state index in [2.05, 4.69) is 11.9 Å². The molecule has 0 saturated heterocycles. The number of hydrogen-bond acceptors (Lipinski definition) is 2. The number of aromatic amines is 1. The molecule has 0 aliphatic heterocycles. The minimum Gasteiger partial charge on any atom is -0.396 e. The third-order valence-electron chi connectivity index (χ3n) is 1.82. The van der Waals surface area contributed by atoms with Crippen LogP contribution < -0.4 is 5.73 Å². The van der Waals surface area contributed by atoms with Crippen molar-refractivity contribution in [2.45, 2.75) is 20.3 Å². The van der Waals surface area contributed by atoms with Crippen LogP contribution in [-0.4, -0.2) is 4.98 Å². The first-order chi connectivity index (χ1) is 5.16. The molecule has 11 heavy (non-hydrogen) atoms. The van der Waals surface area contributed by atoms with Gasteiger partial charge in [-0.15, -0.1) is 0 Å². The molecule has 1 heterocycles. The molecule has 1 aromatic heterocycles. The van der Waals surface area contributed by atoms with Gasteiger partial charge < -0.3 is 10.7 Å². The maximum Gasteiger partial charge on any atom is 0.126 e. The molecule has 0 atom stereocenters. The molecule has 0 aliphatic rings. The molecule has 0 radical (unpaired) electrons. The average Bonchev–Trinajstić information content (AvgIpc) is 1.99. The molecule has 60 valence electrons. The first-order valence-electron chi connectivity index (χ1n) is 3.63. The van der Waals surface area contributed by atoms with Gasteiger partial charge in [0, 0.05) is 6.20 Å². The third-order valence-corrected chi connectivity index (χ3v) is 2.16. The van der Waals surface area contributed by atoms with Gasteiger partial charge in [0.15, 0.2) is 0 Å². The molecule has 0 saturated carbocycles. The molecule has 3 heteroatoms. The summed E-state index contributed by atoms with van der Waals surface area (Å²) < 4.78 is 0.646. The minimum absolute atomic E-state index is 0.646. The van der Waals surface area contributed by atoms with E-state index < -0.39 is 0 Å². The largest absolute Gasteiger partial charge is 0.396 e. The Morgan fingerprint density at radius 1 is 1.64 bits per heavy atom. The zero-order valence-electron chi connectivity index (χ0n) is 6.77. The Bertz CT molecular complexity index is 314. The van der Waals surface area contributed by atoms with Crippen molar-refractivity contribution >= 4 is 17.9 Å². The van der Waals surface area contributed by atoms with Gasteiger partial charge in [-0.25, -0.2) is 0 Å². The number of nitrogens with one attached hydrogen (secondary N) is 1. The molecular weight excluding hydrogens is 156 g/mol. The summed E-state index contributed by atoms with van der Waals surface area (Å²) in [5, 5.41) is 0. The monoisotopic (exact) mass is 168 g/mol. The summed E-state index contributed by atoms with van der Waals surface area (Å²) in [6.07, 6.45) is 2.84. The van der Waals surface area contributed by atoms with E-state index in [1.807, 2.05) is 13.1 Å². The summed E-state index contributed by atoms with van der Waals surface area (Å²) in [5.74, 6) is 0. The summed E-state index contributed by atoms with van der Waals surface area (Å²) in [6, 6.07) is 0. The van der Waals surface area contributed by atoms with Crippen LogP contribution in [0.5, 0.6) is 0 Å². The Balaban J connectivity index is 3.41. The van der Waals surface area contributed by atoms with Crippen LogP contribution in [0.25, 0.3) is 0 Å². The van der Waals surface area contributed by atoms with Gasteiger partial charge in [0.25, 0.3) is 0 Å². The quantitative estimate of drug-likeness (QED) is 0.631. The molecule has 0 spiro atoms. The summed E-state index contributed by atoms with van der Waals surface area (Å²) in [6.45, 7) is 4.11. The van der Waals surface area contributed by atoms with Crippen LogP contribution in [0.3, 0.4) is 0 Å². The van der Waals surface area contributed by atoms with Crippen molar-refractivity contribution in [3.05, 3.63) is 22.0 Å². The standard InChI is InChI=1S/C8H12N2S/c1-3-6-5(2)4-10-8(11)7(6)9/h4H,3,9H2,1-2H3,(H,10,11). The van der Waals surface area contributed by atoms with E-state index in [1.165, 1.54) is 5.56 Å². The van der Waals surface area contributed by atoms with Gasteiger partial charge >= 0.3 is 0 Å². The van der Waals surface area contributed by atoms with E-state index >= 15 is 0 Å². The smallest absolute Gasteiger partial charge is 0.126 e. The fourth-order valence-electron chi connectivity index (χ4n) is 1.16. The summed E-state index contributed by atoms with van der Waals surface area (Å²) >= 11 is 4.99. The molecule has 0 amide bonds. The highest BCUT2D eigenvalue weighted by atomic mass is 32.1. The van der Waals surface area contributed by atoms with Crippen LogP contribution in [0.1, 0.15) is 18.1 Å². The molecule has 0 bridgehead atoms. The van der Waals surface area contributed by atoms with Crippen molar-refractivity contribution in [1.29, 1.82) is 0 Å². The van der Waals surface area contributed by atoms with Crippen LogP contribution >= 0.6 is 12.2 Å². The Hall–Kier alpha value is -0.830. The maximum atomic E-state index is 5.76. The van der Waals surface area contributed by atoms with Gasteiger partial charge in [0.2, 0.25) is 0 Å². The zero-order valence-corrected chi connectivity index (χ0v) is 7.59. The summed E-state index contributed by atoms with van der Waals surface area (Å²) in [4.78, 5) is 2.93. The number of hydrogen-bond donors (Lipinski definition) is 2. The number of H-pyrrole nitrogens is 1. The molecule has 3 N–H and O–H groups in total. The number of pyridine rings is 1. The number of rotatable bonds is 1. The van der Waals surface area contributed by atoms with Crippen LogP contribution in [0.15, 0.2) is 6.20 Å². The van der Waals surface area contributed by atoms with E-state index in [0.717, 1.165) is 17.7 Å². The number of anilines is 1. The SMILES string of the molecule is CCc1c(C)c[nH]c(=S)c1N. The van der Waals surface area contributed by atoms with Crippen molar-refractivity contribution in [2.75, 3.05) is 5.73 Å². The summed E-state index contributed by atoms with van der Waals surface area (Å²) in [5.41, 5.74) is 8.82. The molecule has 0 aromatic carbocycles. The average molecular weight is 168 g/mol. The lowest BCUT2D eigenvalue weighted by Gasteiger charge is -2.05. The lowest BCUT2D eigenvalue weighted by molar-refractivity contribution is 1.08. The Morgan fingerprint density at radius 2 is 2.27 bits per heavy atom. The van der Waals surface area contributed by atoms with Gasteiger partial charge in [-0.2, -0.15) is 0 Å². The lowest BCUT2D eigenvalue weighted by atomic mass is 10.1. The van der Waals surface area contributed by atoms with Crippen molar-refractivity contribution in [3.8, 4) is 0 Å². The highest BCUT2D eigenvalue weighted by Gasteiger charge is 2.00. The minimum atomic E-state index is 0.646. The van der Waals surface area contributed by atoms with Gasteiger partial charge in [0.1, 0.15) is 4.64 Å². The number of aryl methyl sites for hydroxylation is 1. The second-order valence-electron chi connectivity index (χ2n) is 2.55. The molecule has 1 aromatic rings. The molecule has 0 unspecified atom stereocenters. The van der Waals surface area contributed by atoms with Crippen molar-refractivity contribution in [3.63, 3.8) is 0 Å². The number of aromatic nitrogens is 1. The number of nitrogens with two attached hydrogens (primary N) is 1. The second-order valence-corrected chi connectivity index (χ2v) is 2.95. The molecule has 1 rings (SSSR count). The first-order valence-corrected chi connectivity index (χ1v) is 4.04. The van der Waals surface area contributed by atoms with E-state index in [9.17, 15) is 0 Å². The molecule has 0 fully saturated rings. The second kappa shape index (κ2) is 3.05. The van der Waals surface area contributed by atoms with Gasteiger partial charge in [-0.1, -0.05) is 19.1 Å². The molecule has 2 nitrogen and oxygen atoms in total. The normalized spacial score (nSPS) is 10.0. The van der Waals surface area contributed by atoms with Crippen LogP contribution in [-0.2, 0) is 6.42 Å². The van der Waals surface area contributed by atoms with Gasteiger partial charge in [0.05, 0.1) is 5.69 Å². The Kier molecular flexibility index (Phi) is 2.29.